The number of benzene rings is 1. The van der Waals surface area contributed by atoms with E-state index in [4.69, 9.17) is 4.74 Å². The Hall–Kier alpha value is -2.83. The molecular formula is C18H22N4O3. The van der Waals surface area contributed by atoms with Crippen molar-refractivity contribution in [1.82, 2.24) is 15.1 Å². The van der Waals surface area contributed by atoms with Crippen molar-refractivity contribution in [2.24, 2.45) is 13.0 Å². The number of aryl methyl sites for hydroxylation is 1. The number of ether oxygens (including phenoxy) is 1. The molecule has 7 heteroatoms. The Morgan fingerprint density at radius 2 is 2.20 bits per heavy atom. The molecule has 0 saturated carbocycles. The SMILES string of the molecule is COc1ccccc1CNC(=O)C1CCN(c2cnn(C)c(=O)c2)C1. The lowest BCUT2D eigenvalue weighted by Crippen LogP contribution is -2.33. The molecule has 25 heavy (non-hydrogen) atoms. The summed E-state index contributed by atoms with van der Waals surface area (Å²) in [6, 6.07) is 9.19. The van der Waals surface area contributed by atoms with E-state index >= 15 is 0 Å². The Labute approximate surface area is 146 Å². The number of nitrogens with zero attached hydrogens (tertiary/aromatic N) is 3. The number of nitrogens with one attached hydrogen (secondary N) is 1. The van der Waals surface area contributed by atoms with Gasteiger partial charge in [-0.15, -0.1) is 0 Å². The standard InChI is InChI=1S/C18H22N4O3/c1-21-17(23)9-15(11-20-21)22-8-7-14(12-22)18(24)19-10-13-5-3-4-6-16(13)25-2/h3-6,9,11,14H,7-8,10,12H2,1-2H3,(H,19,24). The molecule has 2 heterocycles. The molecule has 1 fully saturated rings. The van der Waals surface area contributed by atoms with E-state index in [1.807, 2.05) is 29.2 Å². The van der Waals surface area contributed by atoms with Gasteiger partial charge in [-0.2, -0.15) is 5.10 Å². The number of anilines is 1. The van der Waals surface area contributed by atoms with Crippen molar-refractivity contribution < 1.29 is 9.53 Å². The number of para-hydroxylation sites is 1. The molecule has 1 unspecified atom stereocenters. The van der Waals surface area contributed by atoms with E-state index in [2.05, 4.69) is 10.4 Å². The van der Waals surface area contributed by atoms with Crippen LogP contribution in [0.4, 0.5) is 5.69 Å². The van der Waals surface area contributed by atoms with Crippen LogP contribution in [0, 0.1) is 5.92 Å². The summed E-state index contributed by atoms with van der Waals surface area (Å²) in [5.74, 6) is 0.686. The highest BCUT2D eigenvalue weighted by Gasteiger charge is 2.28. The minimum Gasteiger partial charge on any atom is -0.496 e. The van der Waals surface area contributed by atoms with Crippen LogP contribution in [0.2, 0.25) is 0 Å². The van der Waals surface area contributed by atoms with E-state index in [9.17, 15) is 9.59 Å². The Bertz CT molecular complexity index is 818. The minimum absolute atomic E-state index is 0.0187. The average Bonchev–Trinajstić information content (AvgIpc) is 3.12. The van der Waals surface area contributed by atoms with Gasteiger partial charge in [-0.3, -0.25) is 9.59 Å². The van der Waals surface area contributed by atoms with Crippen molar-refractivity contribution in [2.45, 2.75) is 13.0 Å². The van der Waals surface area contributed by atoms with Gasteiger partial charge in [0.25, 0.3) is 5.56 Å². The fraction of sp³-hybridized carbons (Fsp3) is 0.389. The molecule has 0 aliphatic carbocycles. The van der Waals surface area contributed by atoms with Crippen LogP contribution < -0.4 is 20.5 Å². The van der Waals surface area contributed by atoms with Crippen LogP contribution in [0.1, 0.15) is 12.0 Å². The molecule has 1 aliphatic heterocycles. The fourth-order valence-corrected chi connectivity index (χ4v) is 3.02. The first-order valence-electron chi connectivity index (χ1n) is 8.26. The number of aromatic nitrogens is 2. The van der Waals surface area contributed by atoms with Crippen molar-refractivity contribution in [3.8, 4) is 5.75 Å². The monoisotopic (exact) mass is 342 g/mol. The Balaban J connectivity index is 1.59. The molecule has 1 aromatic heterocycles. The number of rotatable bonds is 5. The lowest BCUT2D eigenvalue weighted by molar-refractivity contribution is -0.124. The summed E-state index contributed by atoms with van der Waals surface area (Å²) >= 11 is 0. The first-order chi connectivity index (χ1) is 12.1. The van der Waals surface area contributed by atoms with E-state index in [1.165, 1.54) is 4.68 Å². The molecule has 1 aromatic carbocycles. The molecule has 2 aromatic rings. The van der Waals surface area contributed by atoms with E-state index in [-0.39, 0.29) is 17.4 Å². The minimum atomic E-state index is -0.151. The van der Waals surface area contributed by atoms with Crippen molar-refractivity contribution in [2.75, 3.05) is 25.1 Å². The third-order valence-corrected chi connectivity index (χ3v) is 4.52. The summed E-state index contributed by atoms with van der Waals surface area (Å²) in [7, 11) is 3.23. The van der Waals surface area contributed by atoms with Gasteiger partial charge in [0.05, 0.1) is 24.9 Å². The zero-order valence-corrected chi connectivity index (χ0v) is 14.4. The van der Waals surface area contributed by atoms with Gasteiger partial charge in [-0.25, -0.2) is 4.68 Å². The summed E-state index contributed by atoms with van der Waals surface area (Å²) < 4.78 is 6.59. The van der Waals surface area contributed by atoms with Crippen LogP contribution in [0.25, 0.3) is 0 Å². The number of amides is 1. The van der Waals surface area contributed by atoms with Crippen LogP contribution in [-0.4, -0.2) is 35.9 Å². The van der Waals surface area contributed by atoms with Crippen molar-refractivity contribution in [1.29, 1.82) is 0 Å². The molecule has 1 saturated heterocycles. The lowest BCUT2D eigenvalue weighted by Gasteiger charge is -2.18. The van der Waals surface area contributed by atoms with Crippen molar-refractivity contribution in [3.63, 3.8) is 0 Å². The molecule has 0 radical (unpaired) electrons. The molecule has 132 valence electrons. The zero-order chi connectivity index (χ0) is 17.8. The van der Waals surface area contributed by atoms with E-state index < -0.39 is 0 Å². The van der Waals surface area contributed by atoms with Gasteiger partial charge < -0.3 is 15.0 Å². The second-order valence-corrected chi connectivity index (χ2v) is 6.14. The topological polar surface area (TPSA) is 76.5 Å². The van der Waals surface area contributed by atoms with Gasteiger partial charge >= 0.3 is 0 Å². The maximum atomic E-state index is 12.5. The maximum Gasteiger partial charge on any atom is 0.268 e. The second kappa shape index (κ2) is 7.38. The molecule has 1 atom stereocenters. The largest absolute Gasteiger partial charge is 0.496 e. The maximum absolute atomic E-state index is 12.5. The van der Waals surface area contributed by atoms with Crippen molar-refractivity contribution >= 4 is 11.6 Å². The fourth-order valence-electron chi connectivity index (χ4n) is 3.02. The normalized spacial score (nSPS) is 16.7. The highest BCUT2D eigenvalue weighted by atomic mass is 16.5. The Morgan fingerprint density at radius 1 is 1.40 bits per heavy atom. The lowest BCUT2D eigenvalue weighted by atomic mass is 10.1. The van der Waals surface area contributed by atoms with E-state index in [0.29, 0.717) is 13.1 Å². The zero-order valence-electron chi connectivity index (χ0n) is 14.4. The molecule has 1 aliphatic rings. The van der Waals surface area contributed by atoms with Crippen LogP contribution in [0.3, 0.4) is 0 Å². The van der Waals surface area contributed by atoms with Gasteiger partial charge in [0.1, 0.15) is 5.75 Å². The van der Waals surface area contributed by atoms with Gasteiger partial charge in [-0.1, -0.05) is 18.2 Å². The third kappa shape index (κ3) is 3.81. The van der Waals surface area contributed by atoms with Gasteiger partial charge in [0.15, 0.2) is 0 Å². The van der Waals surface area contributed by atoms with E-state index in [1.54, 1.807) is 26.4 Å². The first-order valence-corrected chi connectivity index (χ1v) is 8.26. The summed E-state index contributed by atoms with van der Waals surface area (Å²) in [5.41, 5.74) is 1.56. The third-order valence-electron chi connectivity index (χ3n) is 4.52. The van der Waals surface area contributed by atoms with Crippen LogP contribution >= 0.6 is 0 Å². The van der Waals surface area contributed by atoms with Crippen LogP contribution in [-0.2, 0) is 18.4 Å². The molecular weight excluding hydrogens is 320 g/mol. The number of carbonyl (C=O) groups is 1. The van der Waals surface area contributed by atoms with Gasteiger partial charge in [0.2, 0.25) is 5.91 Å². The molecule has 3 rings (SSSR count). The van der Waals surface area contributed by atoms with Gasteiger partial charge in [0, 0.05) is 38.3 Å². The number of hydrogen-bond acceptors (Lipinski definition) is 5. The average molecular weight is 342 g/mol. The molecule has 0 bridgehead atoms. The number of carbonyl (C=O) groups excluding carboxylic acids is 1. The molecule has 1 N–H and O–H groups in total. The van der Waals surface area contributed by atoms with E-state index in [0.717, 1.165) is 30.0 Å². The van der Waals surface area contributed by atoms with Crippen LogP contribution in [0.5, 0.6) is 5.75 Å². The van der Waals surface area contributed by atoms with Crippen molar-refractivity contribution in [3.05, 3.63) is 52.4 Å². The number of methoxy groups -OCH3 is 1. The van der Waals surface area contributed by atoms with Gasteiger partial charge in [-0.05, 0) is 12.5 Å². The Kier molecular flexibility index (Phi) is 5.02. The predicted octanol–water partition coefficient (Wildman–Crippen LogP) is 0.932. The summed E-state index contributed by atoms with van der Waals surface area (Å²) in [6.45, 7) is 1.76. The molecule has 0 spiro atoms. The summed E-state index contributed by atoms with van der Waals surface area (Å²) in [4.78, 5) is 26.2. The number of hydrogen-bond donors (Lipinski definition) is 1. The van der Waals surface area contributed by atoms with Crippen LogP contribution in [0.15, 0.2) is 41.3 Å². The molecule has 1 amide bonds. The molecule has 7 nitrogen and oxygen atoms in total. The quantitative estimate of drug-likeness (QED) is 0.875. The summed E-state index contributed by atoms with van der Waals surface area (Å²) in [6.07, 6.45) is 2.42. The summed E-state index contributed by atoms with van der Waals surface area (Å²) in [5, 5.41) is 7.02. The Morgan fingerprint density at radius 3 is 2.96 bits per heavy atom. The predicted molar refractivity (Wildman–Crippen MR) is 94.6 cm³/mol. The first kappa shape index (κ1) is 17.0. The highest BCUT2D eigenvalue weighted by molar-refractivity contribution is 5.80. The second-order valence-electron chi connectivity index (χ2n) is 6.14. The smallest absolute Gasteiger partial charge is 0.268 e. The highest BCUT2D eigenvalue weighted by Crippen LogP contribution is 2.23.